The average molecular weight is 127 g/mol. The molecule has 0 aromatic heterocycles. The highest BCUT2D eigenvalue weighted by Crippen LogP contribution is 2.22. The van der Waals surface area contributed by atoms with Crippen LogP contribution in [-0.4, -0.2) is 7.28 Å². The summed E-state index contributed by atoms with van der Waals surface area (Å²) in [4.78, 5) is 0. The van der Waals surface area contributed by atoms with Gasteiger partial charge in [-0.2, -0.15) is 0 Å². The molecule has 0 spiro atoms. The van der Waals surface area contributed by atoms with E-state index >= 15 is 0 Å². The van der Waals surface area contributed by atoms with E-state index in [-0.39, 0.29) is 0 Å². The molecule has 1 heterocycles. The SMILES string of the molecule is PC1=C(P)C=C[B]1. The number of rotatable bonds is 0. The van der Waals surface area contributed by atoms with Gasteiger partial charge < -0.3 is 0 Å². The molecule has 0 nitrogen and oxygen atoms in total. The van der Waals surface area contributed by atoms with Crippen molar-refractivity contribution < 1.29 is 0 Å². The Kier molecular flexibility index (Phi) is 1.67. The van der Waals surface area contributed by atoms with Gasteiger partial charge in [-0.1, -0.05) is 11.3 Å². The smallest absolute Gasteiger partial charge is 0.119 e. The van der Waals surface area contributed by atoms with Crippen LogP contribution in [0.4, 0.5) is 0 Å². The molecule has 0 bridgehead atoms. The first-order chi connectivity index (χ1) is 3.30. The highest BCUT2D eigenvalue weighted by atomic mass is 31.0. The summed E-state index contributed by atoms with van der Waals surface area (Å²) in [5.41, 5.74) is 0. The van der Waals surface area contributed by atoms with Crippen LogP contribution in [0, 0.1) is 0 Å². The van der Waals surface area contributed by atoms with Crippen LogP contribution in [0.1, 0.15) is 0 Å². The van der Waals surface area contributed by atoms with Gasteiger partial charge in [0.15, 0.2) is 7.28 Å². The van der Waals surface area contributed by atoms with Gasteiger partial charge >= 0.3 is 0 Å². The maximum atomic E-state index is 2.65. The zero-order valence-corrected chi connectivity index (χ0v) is 6.20. The molecule has 1 aliphatic rings. The van der Waals surface area contributed by atoms with E-state index < -0.39 is 0 Å². The van der Waals surface area contributed by atoms with Gasteiger partial charge in [-0.3, -0.25) is 0 Å². The predicted octanol–water partition coefficient (Wildman–Crippen LogP) is 1.14. The molecule has 1 aliphatic heterocycles. The summed E-state index contributed by atoms with van der Waals surface area (Å²) < 4.78 is 0. The molecule has 2 atom stereocenters. The van der Waals surface area contributed by atoms with Crippen LogP contribution in [0.3, 0.4) is 0 Å². The van der Waals surface area contributed by atoms with E-state index in [1.807, 2.05) is 5.98 Å². The third-order valence-corrected chi connectivity index (χ3v) is 2.27. The lowest BCUT2D eigenvalue weighted by atomic mass is 9.82. The van der Waals surface area contributed by atoms with Crippen molar-refractivity contribution in [1.82, 2.24) is 0 Å². The second-order valence-electron chi connectivity index (χ2n) is 1.44. The molecular formula is C4H6BP2. The van der Waals surface area contributed by atoms with Crippen molar-refractivity contribution in [3.05, 3.63) is 22.6 Å². The van der Waals surface area contributed by atoms with E-state index in [0.717, 1.165) is 0 Å². The predicted molar refractivity (Wildman–Crippen MR) is 41.3 cm³/mol. The monoisotopic (exact) mass is 127 g/mol. The van der Waals surface area contributed by atoms with Crippen LogP contribution in [-0.2, 0) is 0 Å². The first-order valence-electron chi connectivity index (χ1n) is 2.07. The van der Waals surface area contributed by atoms with Crippen LogP contribution < -0.4 is 0 Å². The second kappa shape index (κ2) is 2.12. The van der Waals surface area contributed by atoms with E-state index in [1.54, 1.807) is 0 Å². The van der Waals surface area contributed by atoms with E-state index in [4.69, 9.17) is 0 Å². The Balaban J connectivity index is 2.79. The molecule has 1 rings (SSSR count). The first-order valence-corrected chi connectivity index (χ1v) is 3.23. The van der Waals surface area contributed by atoms with E-state index in [1.165, 1.54) is 10.5 Å². The van der Waals surface area contributed by atoms with Gasteiger partial charge in [-0.05, 0) is 5.31 Å². The van der Waals surface area contributed by atoms with Gasteiger partial charge in [0.2, 0.25) is 0 Å². The van der Waals surface area contributed by atoms with Crippen molar-refractivity contribution in [2.24, 2.45) is 0 Å². The fraction of sp³-hybridized carbons (Fsp3) is 0. The fourth-order valence-corrected chi connectivity index (χ4v) is 0.863. The van der Waals surface area contributed by atoms with Gasteiger partial charge in [0.1, 0.15) is 0 Å². The van der Waals surface area contributed by atoms with Gasteiger partial charge in [0.25, 0.3) is 0 Å². The minimum absolute atomic E-state index is 1.27. The van der Waals surface area contributed by atoms with Gasteiger partial charge in [0.05, 0.1) is 0 Å². The Morgan fingerprint density at radius 2 is 2.14 bits per heavy atom. The Morgan fingerprint density at radius 3 is 2.29 bits per heavy atom. The zero-order valence-electron chi connectivity index (χ0n) is 3.89. The molecule has 0 saturated heterocycles. The van der Waals surface area contributed by atoms with Crippen LogP contribution in [0.25, 0.3) is 0 Å². The zero-order chi connectivity index (χ0) is 5.28. The molecule has 1 radical (unpaired) electrons. The maximum Gasteiger partial charge on any atom is 0.182 e. The fourth-order valence-electron chi connectivity index (χ4n) is 0.448. The Bertz CT molecular complexity index is 137. The minimum atomic E-state index is 1.27. The maximum absolute atomic E-state index is 2.65. The standard InChI is InChI=1S/C4H6BP2/c6-3-1-2-5-4(3)7/h1-2H,6-7H2. The molecule has 0 aliphatic carbocycles. The molecule has 0 fully saturated rings. The van der Waals surface area contributed by atoms with E-state index in [0.29, 0.717) is 0 Å². The topological polar surface area (TPSA) is 0 Å². The second-order valence-corrected chi connectivity index (χ2v) is 2.68. The molecule has 35 valence electrons. The molecule has 2 unspecified atom stereocenters. The molecular weight excluding hydrogens is 121 g/mol. The lowest BCUT2D eigenvalue weighted by molar-refractivity contribution is 2.03. The number of hydrogen-bond acceptors (Lipinski definition) is 0. The van der Waals surface area contributed by atoms with Crippen LogP contribution in [0.15, 0.2) is 22.6 Å². The molecule has 0 saturated carbocycles. The quantitative estimate of drug-likeness (QED) is 0.338. The van der Waals surface area contributed by atoms with Crippen molar-refractivity contribution in [3.63, 3.8) is 0 Å². The van der Waals surface area contributed by atoms with Crippen molar-refractivity contribution >= 4 is 25.8 Å². The summed E-state index contributed by atoms with van der Waals surface area (Å²) in [5.74, 6) is 2.03. The van der Waals surface area contributed by atoms with Crippen LogP contribution in [0.5, 0.6) is 0 Å². The molecule has 0 aromatic rings. The van der Waals surface area contributed by atoms with Gasteiger partial charge in [-0.25, -0.2) is 0 Å². The Hall–Kier alpha value is 0.405. The van der Waals surface area contributed by atoms with Crippen molar-refractivity contribution in [1.29, 1.82) is 0 Å². The molecule has 0 N–H and O–H groups in total. The average Bonchev–Trinajstić information content (AvgIpc) is 1.91. The van der Waals surface area contributed by atoms with Gasteiger partial charge in [0, 0.05) is 0 Å². The molecule has 0 aromatic carbocycles. The van der Waals surface area contributed by atoms with Crippen LogP contribution in [0.2, 0.25) is 0 Å². The third kappa shape index (κ3) is 1.15. The van der Waals surface area contributed by atoms with E-state index in [9.17, 15) is 0 Å². The summed E-state index contributed by atoms with van der Waals surface area (Å²) >= 11 is 0. The summed E-state index contributed by atoms with van der Waals surface area (Å²) in [6, 6.07) is 0. The normalized spacial score (nSPS) is 18.0. The number of hydrogen-bond donors (Lipinski definition) is 0. The number of allylic oxidation sites excluding steroid dienone is 2. The lowest BCUT2D eigenvalue weighted by Crippen LogP contribution is -1.75. The van der Waals surface area contributed by atoms with Crippen molar-refractivity contribution in [2.75, 3.05) is 0 Å². The summed E-state index contributed by atoms with van der Waals surface area (Å²) in [5, 5.41) is 2.54. The molecule has 3 heteroatoms. The highest BCUT2D eigenvalue weighted by Gasteiger charge is 1.98. The first kappa shape index (κ1) is 5.54. The lowest BCUT2D eigenvalue weighted by Gasteiger charge is -1.86. The minimum Gasteiger partial charge on any atom is -0.119 e. The summed E-state index contributed by atoms with van der Waals surface area (Å²) in [7, 11) is 7.37. The highest BCUT2D eigenvalue weighted by molar-refractivity contribution is 7.32. The third-order valence-electron chi connectivity index (χ3n) is 0.885. The Labute approximate surface area is 49.1 Å². The van der Waals surface area contributed by atoms with Crippen LogP contribution >= 0.6 is 18.5 Å². The van der Waals surface area contributed by atoms with Crippen molar-refractivity contribution in [3.8, 4) is 0 Å². The van der Waals surface area contributed by atoms with Crippen molar-refractivity contribution in [2.45, 2.75) is 0 Å². The summed E-state index contributed by atoms with van der Waals surface area (Å²) in [6.45, 7) is 0. The van der Waals surface area contributed by atoms with Gasteiger partial charge in [-0.15, -0.1) is 24.5 Å². The van der Waals surface area contributed by atoms with E-state index in [2.05, 4.69) is 31.8 Å². The molecule has 0 amide bonds. The molecule has 7 heavy (non-hydrogen) atoms. The summed E-state index contributed by atoms with van der Waals surface area (Å²) in [6.07, 6.45) is 2.06. The largest absolute Gasteiger partial charge is 0.182 e. The Morgan fingerprint density at radius 1 is 1.43 bits per heavy atom.